The molecule has 0 saturated heterocycles. The molecule has 0 spiro atoms. The van der Waals surface area contributed by atoms with Crippen LogP contribution in [0.3, 0.4) is 0 Å². The van der Waals surface area contributed by atoms with Crippen molar-refractivity contribution in [3.05, 3.63) is 90.5 Å². The molecular weight excluding hydrogens is 361 g/mol. The molecule has 0 aliphatic rings. The van der Waals surface area contributed by atoms with Gasteiger partial charge in [0.25, 0.3) is 5.91 Å². The number of tetrazole rings is 1. The molecule has 0 aliphatic carbocycles. The standard InChI is InChI=1S/C20H14FN5O2/c21-15-6-4-8-17(12-15)28-19-10-2-1-9-18(19)23-20(27)14-5-3-7-16(11-14)26-13-22-24-25-26/h1-13H,(H,23,27). The molecule has 1 N–H and O–H groups in total. The Balaban J connectivity index is 1.56. The zero-order chi connectivity index (χ0) is 19.3. The van der Waals surface area contributed by atoms with E-state index in [1.54, 1.807) is 60.7 Å². The Kier molecular flexibility index (Phi) is 4.75. The second-order valence-electron chi connectivity index (χ2n) is 5.81. The van der Waals surface area contributed by atoms with Gasteiger partial charge in [-0.25, -0.2) is 9.07 Å². The molecule has 0 fully saturated rings. The Morgan fingerprint density at radius 1 is 1.00 bits per heavy atom. The Morgan fingerprint density at radius 2 is 1.86 bits per heavy atom. The average molecular weight is 375 g/mol. The summed E-state index contributed by atoms with van der Waals surface area (Å²) in [5.41, 5.74) is 1.54. The highest BCUT2D eigenvalue weighted by Crippen LogP contribution is 2.30. The van der Waals surface area contributed by atoms with Gasteiger partial charge in [0.15, 0.2) is 5.75 Å². The van der Waals surface area contributed by atoms with Crippen LogP contribution in [-0.4, -0.2) is 26.1 Å². The van der Waals surface area contributed by atoms with Crippen molar-refractivity contribution in [2.45, 2.75) is 0 Å². The number of anilines is 1. The van der Waals surface area contributed by atoms with Crippen molar-refractivity contribution in [1.82, 2.24) is 20.2 Å². The van der Waals surface area contributed by atoms with Gasteiger partial charge >= 0.3 is 0 Å². The number of hydrogen-bond donors (Lipinski definition) is 1. The summed E-state index contributed by atoms with van der Waals surface area (Å²) in [5.74, 6) is 0.00380. The molecule has 7 nitrogen and oxygen atoms in total. The predicted octanol–water partition coefficient (Wildman–Crippen LogP) is 3.85. The molecule has 4 rings (SSSR count). The second kappa shape index (κ2) is 7.67. The van der Waals surface area contributed by atoms with E-state index in [2.05, 4.69) is 20.8 Å². The molecule has 0 radical (unpaired) electrons. The van der Waals surface area contributed by atoms with Crippen LogP contribution in [0.4, 0.5) is 10.1 Å². The lowest BCUT2D eigenvalue weighted by molar-refractivity contribution is 0.102. The quantitative estimate of drug-likeness (QED) is 0.573. The number of aromatic nitrogens is 4. The normalized spacial score (nSPS) is 10.5. The number of nitrogens with one attached hydrogen (secondary N) is 1. The summed E-state index contributed by atoms with van der Waals surface area (Å²) in [5, 5.41) is 13.8. The summed E-state index contributed by atoms with van der Waals surface area (Å²) in [6.07, 6.45) is 1.44. The summed E-state index contributed by atoms with van der Waals surface area (Å²) in [6.45, 7) is 0. The second-order valence-corrected chi connectivity index (χ2v) is 5.81. The van der Waals surface area contributed by atoms with Crippen LogP contribution >= 0.6 is 0 Å². The molecule has 3 aromatic carbocycles. The van der Waals surface area contributed by atoms with Crippen molar-refractivity contribution in [2.75, 3.05) is 5.32 Å². The molecule has 0 atom stereocenters. The summed E-state index contributed by atoms with van der Waals surface area (Å²) < 4.78 is 20.6. The third-order valence-electron chi connectivity index (χ3n) is 3.88. The number of amides is 1. The number of rotatable bonds is 5. The van der Waals surface area contributed by atoms with Crippen LogP contribution in [0.1, 0.15) is 10.4 Å². The molecule has 0 aliphatic heterocycles. The smallest absolute Gasteiger partial charge is 0.255 e. The minimum absolute atomic E-state index is 0.329. The number of carbonyl (C=O) groups is 1. The summed E-state index contributed by atoms with van der Waals surface area (Å²) in [6, 6.07) is 19.6. The van der Waals surface area contributed by atoms with E-state index in [1.165, 1.54) is 23.1 Å². The third-order valence-corrected chi connectivity index (χ3v) is 3.88. The lowest BCUT2D eigenvalue weighted by Crippen LogP contribution is -2.13. The molecule has 1 amide bonds. The summed E-state index contributed by atoms with van der Waals surface area (Å²) >= 11 is 0. The van der Waals surface area contributed by atoms with Gasteiger partial charge in [0, 0.05) is 11.6 Å². The lowest BCUT2D eigenvalue weighted by atomic mass is 10.2. The fourth-order valence-electron chi connectivity index (χ4n) is 2.58. The van der Waals surface area contributed by atoms with Crippen LogP contribution in [0, 0.1) is 5.82 Å². The number of hydrogen-bond acceptors (Lipinski definition) is 5. The van der Waals surface area contributed by atoms with Gasteiger partial charge in [-0.15, -0.1) is 5.10 Å². The van der Waals surface area contributed by atoms with Gasteiger partial charge in [-0.05, 0) is 52.9 Å². The van der Waals surface area contributed by atoms with Crippen molar-refractivity contribution < 1.29 is 13.9 Å². The average Bonchev–Trinajstić information content (AvgIpc) is 3.25. The first-order valence-corrected chi connectivity index (χ1v) is 8.36. The van der Waals surface area contributed by atoms with E-state index in [1.807, 2.05) is 0 Å². The number of ether oxygens (including phenoxy) is 1. The van der Waals surface area contributed by atoms with Crippen LogP contribution < -0.4 is 10.1 Å². The maximum absolute atomic E-state index is 13.4. The van der Waals surface area contributed by atoms with E-state index in [-0.39, 0.29) is 5.91 Å². The highest BCUT2D eigenvalue weighted by atomic mass is 19.1. The minimum atomic E-state index is -0.404. The van der Waals surface area contributed by atoms with Gasteiger partial charge in [0.2, 0.25) is 0 Å². The first-order chi connectivity index (χ1) is 13.7. The minimum Gasteiger partial charge on any atom is -0.455 e. The summed E-state index contributed by atoms with van der Waals surface area (Å²) in [4.78, 5) is 12.7. The number of para-hydroxylation sites is 2. The first-order valence-electron chi connectivity index (χ1n) is 8.36. The van der Waals surface area contributed by atoms with E-state index >= 15 is 0 Å². The van der Waals surface area contributed by atoms with Crippen LogP contribution in [-0.2, 0) is 0 Å². The number of nitrogens with zero attached hydrogens (tertiary/aromatic N) is 4. The summed E-state index contributed by atoms with van der Waals surface area (Å²) in [7, 11) is 0. The molecule has 0 bridgehead atoms. The Bertz CT molecular complexity index is 1120. The van der Waals surface area contributed by atoms with Gasteiger partial charge in [-0.1, -0.05) is 24.3 Å². The molecule has 28 heavy (non-hydrogen) atoms. The van der Waals surface area contributed by atoms with Crippen LogP contribution in [0.2, 0.25) is 0 Å². The molecule has 4 aromatic rings. The SMILES string of the molecule is O=C(Nc1ccccc1Oc1cccc(F)c1)c1cccc(-n2cnnn2)c1. The Hall–Kier alpha value is -4.07. The number of halogens is 1. The Labute approximate surface area is 159 Å². The third kappa shape index (κ3) is 3.85. The van der Waals surface area contributed by atoms with Gasteiger partial charge in [-0.2, -0.15) is 0 Å². The molecular formula is C20H14FN5O2. The molecule has 138 valence electrons. The molecule has 0 saturated carbocycles. The molecule has 1 aromatic heterocycles. The zero-order valence-electron chi connectivity index (χ0n) is 14.5. The van der Waals surface area contributed by atoms with Gasteiger partial charge in [0.1, 0.15) is 17.9 Å². The van der Waals surface area contributed by atoms with Crippen molar-refractivity contribution in [3.63, 3.8) is 0 Å². The van der Waals surface area contributed by atoms with Crippen LogP contribution in [0.15, 0.2) is 79.1 Å². The van der Waals surface area contributed by atoms with Gasteiger partial charge in [0.05, 0.1) is 11.4 Å². The van der Waals surface area contributed by atoms with Crippen molar-refractivity contribution in [3.8, 4) is 17.2 Å². The van der Waals surface area contributed by atoms with Crippen molar-refractivity contribution in [1.29, 1.82) is 0 Å². The molecule has 1 heterocycles. The highest BCUT2D eigenvalue weighted by Gasteiger charge is 2.12. The first kappa shape index (κ1) is 17.3. The maximum atomic E-state index is 13.4. The van der Waals surface area contributed by atoms with Crippen molar-refractivity contribution >= 4 is 11.6 Å². The number of carbonyl (C=O) groups excluding carboxylic acids is 1. The van der Waals surface area contributed by atoms with Crippen LogP contribution in [0.5, 0.6) is 11.5 Å². The van der Waals surface area contributed by atoms with E-state index in [9.17, 15) is 9.18 Å². The van der Waals surface area contributed by atoms with Gasteiger partial charge < -0.3 is 10.1 Å². The van der Waals surface area contributed by atoms with Crippen LogP contribution in [0.25, 0.3) is 5.69 Å². The fourth-order valence-corrected chi connectivity index (χ4v) is 2.58. The highest BCUT2D eigenvalue weighted by molar-refractivity contribution is 6.05. The van der Waals surface area contributed by atoms with E-state index < -0.39 is 5.82 Å². The van der Waals surface area contributed by atoms with E-state index in [0.29, 0.717) is 28.4 Å². The van der Waals surface area contributed by atoms with Crippen molar-refractivity contribution in [2.24, 2.45) is 0 Å². The number of benzene rings is 3. The lowest BCUT2D eigenvalue weighted by Gasteiger charge is -2.12. The fraction of sp³-hybridized carbons (Fsp3) is 0. The monoisotopic (exact) mass is 375 g/mol. The Morgan fingerprint density at radius 3 is 2.68 bits per heavy atom. The topological polar surface area (TPSA) is 81.9 Å². The molecule has 8 heteroatoms. The molecule has 0 unspecified atom stereocenters. The van der Waals surface area contributed by atoms with E-state index in [4.69, 9.17) is 4.74 Å². The maximum Gasteiger partial charge on any atom is 0.255 e. The van der Waals surface area contributed by atoms with E-state index in [0.717, 1.165) is 0 Å². The van der Waals surface area contributed by atoms with Gasteiger partial charge in [-0.3, -0.25) is 4.79 Å². The predicted molar refractivity (Wildman–Crippen MR) is 100 cm³/mol. The zero-order valence-corrected chi connectivity index (χ0v) is 14.5. The largest absolute Gasteiger partial charge is 0.455 e.